The first kappa shape index (κ1) is 17.4. The Labute approximate surface area is 151 Å². The molecule has 0 unspecified atom stereocenters. The number of aryl methyl sites for hydroxylation is 1. The van der Waals surface area contributed by atoms with Crippen molar-refractivity contribution in [2.45, 2.75) is 13.5 Å². The first-order valence-corrected chi connectivity index (χ1v) is 8.24. The number of nitrogens with zero attached hydrogens (tertiary/aromatic N) is 1. The molecule has 6 heteroatoms. The van der Waals surface area contributed by atoms with E-state index in [1.54, 1.807) is 31.2 Å². The van der Waals surface area contributed by atoms with Crippen LogP contribution in [-0.2, 0) is 11.3 Å². The maximum absolute atomic E-state index is 12.3. The normalized spacial score (nSPS) is 10.3. The third-order valence-electron chi connectivity index (χ3n) is 3.85. The van der Waals surface area contributed by atoms with Crippen molar-refractivity contribution in [3.8, 4) is 11.3 Å². The molecule has 2 aromatic heterocycles. The average molecular weight is 349 g/mol. The van der Waals surface area contributed by atoms with Crippen LogP contribution in [0.1, 0.15) is 21.8 Å². The van der Waals surface area contributed by atoms with E-state index in [-0.39, 0.29) is 24.9 Å². The number of furan rings is 1. The lowest BCUT2D eigenvalue weighted by atomic mass is 10.1. The molecule has 0 bridgehead atoms. The highest BCUT2D eigenvalue weighted by atomic mass is 16.3. The molecular weight excluding hydrogens is 330 g/mol. The molecule has 6 nitrogen and oxygen atoms in total. The summed E-state index contributed by atoms with van der Waals surface area (Å²) in [6.07, 6.45) is 1.54. The summed E-state index contributed by atoms with van der Waals surface area (Å²) < 4.78 is 5.13. The predicted octanol–water partition coefficient (Wildman–Crippen LogP) is 2.70. The molecule has 1 aromatic carbocycles. The third kappa shape index (κ3) is 4.36. The number of pyridine rings is 1. The minimum atomic E-state index is -0.331. The lowest BCUT2D eigenvalue weighted by Gasteiger charge is -2.09. The van der Waals surface area contributed by atoms with Gasteiger partial charge in [0.05, 0.1) is 36.3 Å². The van der Waals surface area contributed by atoms with Crippen LogP contribution in [0.15, 0.2) is 65.3 Å². The molecule has 2 amide bonds. The molecule has 0 atom stereocenters. The predicted molar refractivity (Wildman–Crippen MR) is 97.3 cm³/mol. The number of carbonyl (C=O) groups is 2. The Morgan fingerprint density at radius 1 is 1.00 bits per heavy atom. The Balaban J connectivity index is 1.56. The number of hydrogen-bond donors (Lipinski definition) is 2. The van der Waals surface area contributed by atoms with Gasteiger partial charge in [-0.25, -0.2) is 0 Å². The quantitative estimate of drug-likeness (QED) is 0.717. The summed E-state index contributed by atoms with van der Waals surface area (Å²) >= 11 is 0. The van der Waals surface area contributed by atoms with Crippen LogP contribution >= 0.6 is 0 Å². The Bertz CT molecular complexity index is 890. The number of nitrogens with one attached hydrogen (secondary N) is 2. The van der Waals surface area contributed by atoms with Gasteiger partial charge in [0.1, 0.15) is 5.76 Å². The topological polar surface area (TPSA) is 84.2 Å². The van der Waals surface area contributed by atoms with Gasteiger partial charge in [-0.2, -0.15) is 0 Å². The summed E-state index contributed by atoms with van der Waals surface area (Å²) in [6.45, 7) is 1.95. The first-order chi connectivity index (χ1) is 12.6. The van der Waals surface area contributed by atoms with Gasteiger partial charge in [-0.05, 0) is 31.2 Å². The molecule has 132 valence electrons. The molecule has 0 aliphatic carbocycles. The summed E-state index contributed by atoms with van der Waals surface area (Å²) in [5.41, 5.74) is 2.85. The van der Waals surface area contributed by atoms with Crippen LogP contribution in [0.5, 0.6) is 0 Å². The Morgan fingerprint density at radius 2 is 1.81 bits per heavy atom. The molecule has 2 N–H and O–H groups in total. The van der Waals surface area contributed by atoms with Gasteiger partial charge in [-0.1, -0.05) is 30.3 Å². The zero-order valence-electron chi connectivity index (χ0n) is 14.4. The van der Waals surface area contributed by atoms with Crippen molar-refractivity contribution in [2.24, 2.45) is 0 Å². The van der Waals surface area contributed by atoms with Gasteiger partial charge in [0.25, 0.3) is 5.91 Å². The molecule has 26 heavy (non-hydrogen) atoms. The third-order valence-corrected chi connectivity index (χ3v) is 3.85. The fourth-order valence-corrected chi connectivity index (χ4v) is 2.49. The number of amides is 2. The van der Waals surface area contributed by atoms with Crippen molar-refractivity contribution in [2.75, 3.05) is 6.54 Å². The van der Waals surface area contributed by atoms with Gasteiger partial charge in [0.15, 0.2) is 0 Å². The molecule has 3 rings (SSSR count). The summed E-state index contributed by atoms with van der Waals surface area (Å²) in [6, 6.07) is 16.8. The van der Waals surface area contributed by atoms with Gasteiger partial charge in [0, 0.05) is 5.56 Å². The molecule has 2 heterocycles. The van der Waals surface area contributed by atoms with Crippen molar-refractivity contribution >= 4 is 11.8 Å². The van der Waals surface area contributed by atoms with E-state index in [1.807, 2.05) is 30.3 Å². The van der Waals surface area contributed by atoms with Gasteiger partial charge in [0.2, 0.25) is 5.91 Å². The smallest absolute Gasteiger partial charge is 0.253 e. The lowest BCUT2D eigenvalue weighted by Crippen LogP contribution is -2.36. The van der Waals surface area contributed by atoms with Crippen LogP contribution in [0.4, 0.5) is 0 Å². The second-order valence-corrected chi connectivity index (χ2v) is 5.73. The second-order valence-electron chi connectivity index (χ2n) is 5.73. The van der Waals surface area contributed by atoms with Crippen molar-refractivity contribution in [3.05, 3.63) is 77.9 Å². The fourth-order valence-electron chi connectivity index (χ4n) is 2.49. The number of aromatic nitrogens is 1. The van der Waals surface area contributed by atoms with Crippen LogP contribution in [0.2, 0.25) is 0 Å². The Kier molecular flexibility index (Phi) is 5.43. The van der Waals surface area contributed by atoms with Gasteiger partial charge < -0.3 is 15.1 Å². The van der Waals surface area contributed by atoms with Crippen molar-refractivity contribution in [1.29, 1.82) is 0 Å². The van der Waals surface area contributed by atoms with E-state index in [4.69, 9.17) is 4.42 Å². The SMILES string of the molecule is Cc1nc(-c2ccccc2)ccc1C(=O)NCC(=O)NCc1ccco1. The van der Waals surface area contributed by atoms with E-state index in [2.05, 4.69) is 15.6 Å². The van der Waals surface area contributed by atoms with Gasteiger partial charge in [-0.3, -0.25) is 14.6 Å². The van der Waals surface area contributed by atoms with E-state index in [0.717, 1.165) is 11.3 Å². The standard InChI is InChI=1S/C20H19N3O3/c1-14-17(9-10-18(23-14)15-6-3-2-4-7-15)20(25)22-13-19(24)21-12-16-8-5-11-26-16/h2-11H,12-13H2,1H3,(H,21,24)(H,22,25). The highest BCUT2D eigenvalue weighted by Crippen LogP contribution is 2.18. The highest BCUT2D eigenvalue weighted by Gasteiger charge is 2.12. The average Bonchev–Trinajstić information content (AvgIpc) is 3.18. The van der Waals surface area contributed by atoms with Crippen LogP contribution in [0, 0.1) is 6.92 Å². The minimum Gasteiger partial charge on any atom is -0.467 e. The van der Waals surface area contributed by atoms with E-state index in [9.17, 15) is 9.59 Å². The molecule has 0 spiro atoms. The van der Waals surface area contributed by atoms with E-state index < -0.39 is 0 Å². The zero-order valence-corrected chi connectivity index (χ0v) is 14.4. The van der Waals surface area contributed by atoms with Crippen LogP contribution in [-0.4, -0.2) is 23.3 Å². The van der Waals surface area contributed by atoms with Crippen LogP contribution < -0.4 is 10.6 Å². The summed E-state index contributed by atoms with van der Waals surface area (Å²) in [5.74, 6) is 0.0326. The molecule has 3 aromatic rings. The maximum Gasteiger partial charge on any atom is 0.253 e. The Hall–Kier alpha value is -3.41. The van der Waals surface area contributed by atoms with Crippen LogP contribution in [0.25, 0.3) is 11.3 Å². The molecule has 0 aliphatic heterocycles. The number of carbonyl (C=O) groups excluding carboxylic acids is 2. The molecule has 0 radical (unpaired) electrons. The first-order valence-electron chi connectivity index (χ1n) is 8.24. The van der Waals surface area contributed by atoms with Crippen LogP contribution in [0.3, 0.4) is 0 Å². The summed E-state index contributed by atoms with van der Waals surface area (Å²) in [4.78, 5) is 28.6. The maximum atomic E-state index is 12.3. The number of hydrogen-bond acceptors (Lipinski definition) is 4. The molecule has 0 aliphatic rings. The zero-order chi connectivity index (χ0) is 18.4. The molecule has 0 saturated heterocycles. The number of benzene rings is 1. The highest BCUT2D eigenvalue weighted by molar-refractivity contribution is 5.97. The van der Waals surface area contributed by atoms with Gasteiger partial charge >= 0.3 is 0 Å². The van der Waals surface area contributed by atoms with Crippen molar-refractivity contribution < 1.29 is 14.0 Å². The largest absolute Gasteiger partial charge is 0.467 e. The van der Waals surface area contributed by atoms with Gasteiger partial charge in [-0.15, -0.1) is 0 Å². The number of rotatable bonds is 6. The molecule has 0 saturated carbocycles. The van der Waals surface area contributed by atoms with E-state index >= 15 is 0 Å². The summed E-state index contributed by atoms with van der Waals surface area (Å²) in [7, 11) is 0. The van der Waals surface area contributed by atoms with E-state index in [1.165, 1.54) is 6.26 Å². The Morgan fingerprint density at radius 3 is 2.50 bits per heavy atom. The fraction of sp³-hybridized carbons (Fsp3) is 0.150. The monoisotopic (exact) mass is 349 g/mol. The lowest BCUT2D eigenvalue weighted by molar-refractivity contribution is -0.120. The molecule has 0 fully saturated rings. The second kappa shape index (κ2) is 8.11. The molecular formula is C20H19N3O3. The van der Waals surface area contributed by atoms with Crippen molar-refractivity contribution in [3.63, 3.8) is 0 Å². The van der Waals surface area contributed by atoms with E-state index in [0.29, 0.717) is 17.0 Å². The minimum absolute atomic E-state index is 0.112. The van der Waals surface area contributed by atoms with Crippen molar-refractivity contribution in [1.82, 2.24) is 15.6 Å². The summed E-state index contributed by atoms with van der Waals surface area (Å²) in [5, 5.41) is 5.28.